The zero-order valence-electron chi connectivity index (χ0n) is 9.63. The van der Waals surface area contributed by atoms with E-state index in [0.717, 1.165) is 12.1 Å². The molecule has 0 unspecified atom stereocenters. The van der Waals surface area contributed by atoms with E-state index < -0.39 is 26.4 Å². The van der Waals surface area contributed by atoms with Crippen LogP contribution in [0.1, 0.15) is 5.56 Å². The quantitative estimate of drug-likeness (QED) is 0.357. The van der Waals surface area contributed by atoms with Crippen molar-refractivity contribution in [2.45, 2.75) is 11.8 Å². The molecule has 1 aromatic carbocycles. The summed E-state index contributed by atoms with van der Waals surface area (Å²) >= 11 is 0. The maximum atomic E-state index is 11.1. The third-order valence-corrected chi connectivity index (χ3v) is 3.17. The molecule has 0 saturated carbocycles. The van der Waals surface area contributed by atoms with E-state index in [1.807, 2.05) is 0 Å². The molecule has 2 rings (SSSR count). The van der Waals surface area contributed by atoms with Crippen molar-refractivity contribution in [2.24, 2.45) is 0 Å². The standard InChI is InChI=1S/C10H8O6S.Na/c1-5-2-10(12)16-8-4-7(11)9(3-6(5)8)17(13,14)15;/h2-4,11H,1H3,(H,13,14,15);/q;+1/p-1. The number of aryl methyl sites for hydroxylation is 1. The van der Waals surface area contributed by atoms with E-state index in [9.17, 15) is 22.9 Å². The van der Waals surface area contributed by atoms with Crippen LogP contribution in [-0.2, 0) is 10.1 Å². The summed E-state index contributed by atoms with van der Waals surface area (Å²) in [5.41, 5.74) is -0.131. The Kier molecular flexibility index (Phi) is 4.24. The number of benzene rings is 1. The smallest absolute Gasteiger partial charge is 0.744 e. The van der Waals surface area contributed by atoms with E-state index in [4.69, 9.17) is 4.42 Å². The SMILES string of the molecule is Cc1cc(=O)oc2cc(O)c(S(=O)(=O)[O-])cc12.[Na+]. The average molecular weight is 278 g/mol. The average Bonchev–Trinajstić information content (AvgIpc) is 2.13. The van der Waals surface area contributed by atoms with Crippen LogP contribution in [0.4, 0.5) is 0 Å². The van der Waals surface area contributed by atoms with E-state index >= 15 is 0 Å². The number of aromatic hydroxyl groups is 1. The van der Waals surface area contributed by atoms with E-state index in [0.29, 0.717) is 5.56 Å². The fourth-order valence-corrected chi connectivity index (χ4v) is 2.11. The van der Waals surface area contributed by atoms with Crippen molar-refractivity contribution in [3.8, 4) is 5.75 Å². The van der Waals surface area contributed by atoms with Crippen LogP contribution < -0.4 is 35.2 Å². The van der Waals surface area contributed by atoms with E-state index in [-0.39, 0.29) is 40.5 Å². The summed E-state index contributed by atoms with van der Waals surface area (Å²) in [6.45, 7) is 1.57. The Morgan fingerprint density at radius 2 is 1.89 bits per heavy atom. The second-order valence-electron chi connectivity index (χ2n) is 3.52. The van der Waals surface area contributed by atoms with Crippen molar-refractivity contribution >= 4 is 21.1 Å². The Labute approximate surface area is 124 Å². The summed E-state index contributed by atoms with van der Waals surface area (Å²) in [6.07, 6.45) is 0. The number of fused-ring (bicyclic) bond motifs is 1. The Balaban J connectivity index is 0.00000162. The molecule has 1 aromatic heterocycles. The van der Waals surface area contributed by atoms with Crippen molar-refractivity contribution in [3.63, 3.8) is 0 Å². The first-order valence-corrected chi connectivity index (χ1v) is 5.93. The molecule has 0 saturated heterocycles. The van der Waals surface area contributed by atoms with E-state index in [1.54, 1.807) is 6.92 Å². The second kappa shape index (κ2) is 5.02. The van der Waals surface area contributed by atoms with Crippen LogP contribution >= 0.6 is 0 Å². The van der Waals surface area contributed by atoms with Crippen LogP contribution in [-0.4, -0.2) is 18.1 Å². The van der Waals surface area contributed by atoms with Crippen LogP contribution in [0.5, 0.6) is 5.75 Å². The van der Waals surface area contributed by atoms with Gasteiger partial charge < -0.3 is 14.1 Å². The van der Waals surface area contributed by atoms with Crippen molar-refractivity contribution in [1.82, 2.24) is 0 Å². The van der Waals surface area contributed by atoms with Gasteiger partial charge in [0.05, 0.1) is 4.90 Å². The summed E-state index contributed by atoms with van der Waals surface area (Å²) in [4.78, 5) is 10.3. The zero-order chi connectivity index (χ0) is 12.8. The Morgan fingerprint density at radius 3 is 2.44 bits per heavy atom. The van der Waals surface area contributed by atoms with Gasteiger partial charge in [0.15, 0.2) is 0 Å². The van der Waals surface area contributed by atoms with Crippen molar-refractivity contribution in [2.75, 3.05) is 0 Å². The number of rotatable bonds is 1. The fourth-order valence-electron chi connectivity index (χ4n) is 1.53. The molecule has 0 amide bonds. The number of phenolic OH excluding ortho intramolecular Hbond substituents is 1. The van der Waals surface area contributed by atoms with Gasteiger partial charge in [-0.15, -0.1) is 0 Å². The molecule has 0 spiro atoms. The van der Waals surface area contributed by atoms with Crippen LogP contribution in [0, 0.1) is 6.92 Å². The van der Waals surface area contributed by atoms with Gasteiger partial charge in [-0.1, -0.05) is 0 Å². The van der Waals surface area contributed by atoms with Gasteiger partial charge in [-0.3, -0.25) is 0 Å². The van der Waals surface area contributed by atoms with Crippen LogP contribution in [0.25, 0.3) is 11.0 Å². The van der Waals surface area contributed by atoms with Crippen LogP contribution in [0.15, 0.2) is 32.3 Å². The molecule has 8 heteroatoms. The summed E-state index contributed by atoms with van der Waals surface area (Å²) < 4.78 is 37.4. The molecule has 6 nitrogen and oxygen atoms in total. The van der Waals surface area contributed by atoms with Gasteiger partial charge in [0.25, 0.3) is 0 Å². The zero-order valence-corrected chi connectivity index (χ0v) is 12.4. The fraction of sp³-hybridized carbons (Fsp3) is 0.100. The van der Waals surface area contributed by atoms with Gasteiger partial charge in [0.2, 0.25) is 0 Å². The molecule has 1 heterocycles. The minimum Gasteiger partial charge on any atom is -0.744 e. The largest absolute Gasteiger partial charge is 1.00 e. The van der Waals surface area contributed by atoms with E-state index in [1.165, 1.54) is 6.07 Å². The summed E-state index contributed by atoms with van der Waals surface area (Å²) in [5.74, 6) is -0.735. The van der Waals surface area contributed by atoms with Gasteiger partial charge in [-0.05, 0) is 18.6 Å². The Morgan fingerprint density at radius 1 is 1.28 bits per heavy atom. The Bertz CT molecular complexity index is 762. The third kappa shape index (κ3) is 2.76. The minimum atomic E-state index is -4.77. The normalized spacial score (nSPS) is 11.2. The molecule has 18 heavy (non-hydrogen) atoms. The summed E-state index contributed by atoms with van der Waals surface area (Å²) in [6, 6.07) is 3.10. The predicted octanol–water partition coefficient (Wildman–Crippen LogP) is -2.28. The number of hydrogen-bond donors (Lipinski definition) is 1. The number of hydrogen-bond acceptors (Lipinski definition) is 6. The maximum Gasteiger partial charge on any atom is 1.00 e. The predicted molar refractivity (Wildman–Crippen MR) is 56.8 cm³/mol. The van der Waals surface area contributed by atoms with Gasteiger partial charge >= 0.3 is 35.2 Å². The topological polar surface area (TPSA) is 108 Å². The molecule has 0 aliphatic rings. The Hall–Kier alpha value is -0.860. The summed E-state index contributed by atoms with van der Waals surface area (Å²) in [7, 11) is -4.77. The van der Waals surface area contributed by atoms with Crippen molar-refractivity contribution < 1.29 is 52.1 Å². The van der Waals surface area contributed by atoms with Crippen molar-refractivity contribution in [1.29, 1.82) is 0 Å². The molecular formula is C10H7NaO6S. The first-order chi connectivity index (χ1) is 7.79. The molecule has 0 radical (unpaired) electrons. The van der Waals surface area contributed by atoms with Gasteiger partial charge in [0, 0.05) is 17.5 Å². The van der Waals surface area contributed by atoms with Crippen molar-refractivity contribution in [3.05, 3.63) is 34.2 Å². The molecule has 1 N–H and O–H groups in total. The third-order valence-electron chi connectivity index (χ3n) is 2.30. The second-order valence-corrected chi connectivity index (χ2v) is 4.87. The minimum absolute atomic E-state index is 0. The number of phenols is 1. The van der Waals surface area contributed by atoms with Crippen LogP contribution in [0.2, 0.25) is 0 Å². The molecule has 0 atom stereocenters. The molecule has 0 fully saturated rings. The first kappa shape index (κ1) is 15.2. The monoisotopic (exact) mass is 278 g/mol. The molecule has 0 aliphatic carbocycles. The molecule has 0 aliphatic heterocycles. The van der Waals surface area contributed by atoms with E-state index in [2.05, 4.69) is 0 Å². The van der Waals surface area contributed by atoms with Crippen LogP contribution in [0.3, 0.4) is 0 Å². The molecule has 2 aromatic rings. The first-order valence-electron chi connectivity index (χ1n) is 4.52. The maximum absolute atomic E-state index is 11.1. The summed E-state index contributed by atoms with van der Waals surface area (Å²) in [5, 5.41) is 9.67. The molecule has 0 bridgehead atoms. The molecule has 90 valence electrons. The van der Waals surface area contributed by atoms with Gasteiger partial charge in [-0.2, -0.15) is 0 Å². The van der Waals surface area contributed by atoms with Gasteiger partial charge in [-0.25, -0.2) is 13.2 Å². The molecular weight excluding hydrogens is 271 g/mol. The van der Waals surface area contributed by atoms with Gasteiger partial charge in [0.1, 0.15) is 21.5 Å².